The number of amides is 2. The lowest BCUT2D eigenvalue weighted by molar-refractivity contribution is -0.115. The molecule has 0 radical (unpaired) electrons. The average molecular weight is 628 g/mol. The Bertz CT molecular complexity index is 1430. The maximum atomic E-state index is 12.9. The summed E-state index contributed by atoms with van der Waals surface area (Å²) in [7, 11) is 2.00. The predicted molar refractivity (Wildman–Crippen MR) is 181 cm³/mol. The number of likely N-dealkylation sites (N-methyl/N-ethyl adjacent to an activating group) is 1. The van der Waals surface area contributed by atoms with E-state index in [0.29, 0.717) is 41.2 Å². The van der Waals surface area contributed by atoms with Crippen LogP contribution < -0.4 is 25.8 Å². The van der Waals surface area contributed by atoms with Crippen molar-refractivity contribution in [1.29, 1.82) is 0 Å². The molecule has 244 valence electrons. The van der Waals surface area contributed by atoms with Crippen LogP contribution in [0, 0.1) is 0 Å². The molecule has 0 saturated carbocycles. The van der Waals surface area contributed by atoms with Gasteiger partial charge in [-0.25, -0.2) is 0 Å². The summed E-state index contributed by atoms with van der Waals surface area (Å²) < 4.78 is 0. The van der Waals surface area contributed by atoms with Crippen molar-refractivity contribution in [3.63, 3.8) is 0 Å². The van der Waals surface area contributed by atoms with E-state index in [9.17, 15) is 14.4 Å². The van der Waals surface area contributed by atoms with Crippen molar-refractivity contribution < 1.29 is 14.4 Å². The minimum Gasteiger partial charge on any atom is -0.351 e. The van der Waals surface area contributed by atoms with E-state index in [2.05, 4.69) is 37.6 Å². The van der Waals surface area contributed by atoms with Crippen molar-refractivity contribution in [1.82, 2.24) is 25.2 Å². The fourth-order valence-electron chi connectivity index (χ4n) is 5.53. The lowest BCUT2D eigenvalue weighted by Crippen LogP contribution is -2.34. The van der Waals surface area contributed by atoms with Crippen LogP contribution in [-0.4, -0.2) is 90.3 Å². The predicted octanol–water partition coefficient (Wildman–Crippen LogP) is 4.49. The number of benzene rings is 2. The molecule has 12 nitrogen and oxygen atoms in total. The Morgan fingerprint density at radius 2 is 1.28 bits per heavy atom. The monoisotopic (exact) mass is 627 g/mol. The molecule has 0 unspecified atom stereocenters. The van der Waals surface area contributed by atoms with Crippen LogP contribution >= 0.6 is 0 Å². The minimum absolute atomic E-state index is 0.170. The highest BCUT2D eigenvalue weighted by Crippen LogP contribution is 2.24. The topological polar surface area (TPSA) is 136 Å². The maximum Gasteiger partial charge on any atom is 0.251 e. The molecule has 0 atom stereocenters. The van der Waals surface area contributed by atoms with Crippen molar-refractivity contribution in [3.8, 4) is 0 Å². The van der Waals surface area contributed by atoms with Gasteiger partial charge < -0.3 is 30.7 Å². The van der Waals surface area contributed by atoms with E-state index in [0.717, 1.165) is 70.6 Å². The van der Waals surface area contributed by atoms with E-state index < -0.39 is 5.91 Å². The molecule has 3 N–H and O–H groups in total. The molecule has 5 rings (SSSR count). The van der Waals surface area contributed by atoms with Crippen LogP contribution in [0.2, 0.25) is 0 Å². The average Bonchev–Trinajstić information content (AvgIpc) is 3.09. The van der Waals surface area contributed by atoms with Gasteiger partial charge in [-0.3, -0.25) is 14.4 Å². The zero-order valence-corrected chi connectivity index (χ0v) is 26.9. The highest BCUT2D eigenvalue weighted by molar-refractivity contribution is 6.11. The second-order valence-corrected chi connectivity index (χ2v) is 11.9. The zero-order chi connectivity index (χ0) is 32.3. The number of nitrogens with one attached hydrogen (secondary N) is 3. The van der Waals surface area contributed by atoms with Crippen molar-refractivity contribution in [2.75, 3.05) is 73.3 Å². The first-order valence-electron chi connectivity index (χ1n) is 16.4. The van der Waals surface area contributed by atoms with Crippen LogP contribution in [0.1, 0.15) is 72.6 Å². The van der Waals surface area contributed by atoms with E-state index in [4.69, 9.17) is 15.0 Å². The summed E-state index contributed by atoms with van der Waals surface area (Å²) in [5.41, 5.74) is 2.19. The van der Waals surface area contributed by atoms with Gasteiger partial charge in [-0.15, -0.1) is 0 Å². The van der Waals surface area contributed by atoms with Gasteiger partial charge >= 0.3 is 0 Å². The Morgan fingerprint density at radius 3 is 1.85 bits per heavy atom. The molecule has 3 aromatic rings. The molecule has 2 fully saturated rings. The molecule has 3 heterocycles. The Labute approximate surface area is 271 Å². The molecule has 46 heavy (non-hydrogen) atoms. The van der Waals surface area contributed by atoms with Gasteiger partial charge in [0.2, 0.25) is 23.8 Å². The Hall–Kier alpha value is -4.58. The molecule has 0 aliphatic carbocycles. The van der Waals surface area contributed by atoms with E-state index in [1.54, 1.807) is 48.5 Å². The molecule has 0 bridgehead atoms. The van der Waals surface area contributed by atoms with Gasteiger partial charge in [-0.05, 0) is 101 Å². The number of carbonyl (C=O) groups is 3. The number of hydrogen-bond acceptors (Lipinski definition) is 10. The van der Waals surface area contributed by atoms with Crippen molar-refractivity contribution in [2.24, 2.45) is 0 Å². The summed E-state index contributed by atoms with van der Waals surface area (Å²) in [6.45, 7) is 8.04. The first kappa shape index (κ1) is 32.8. The number of piperidine rings is 2. The van der Waals surface area contributed by atoms with Gasteiger partial charge in [0.25, 0.3) is 5.91 Å². The summed E-state index contributed by atoms with van der Waals surface area (Å²) in [4.78, 5) is 58.8. The smallest absolute Gasteiger partial charge is 0.251 e. The maximum absolute atomic E-state index is 12.9. The number of hydrogen-bond donors (Lipinski definition) is 3. The Morgan fingerprint density at radius 1 is 0.739 bits per heavy atom. The summed E-state index contributed by atoms with van der Waals surface area (Å²) in [6, 6.07) is 13.6. The summed E-state index contributed by atoms with van der Waals surface area (Å²) in [6.07, 6.45) is 6.67. The number of carbonyl (C=O) groups excluding carboxylic acids is 3. The normalized spacial score (nSPS) is 15.0. The van der Waals surface area contributed by atoms with Crippen LogP contribution in [0.5, 0.6) is 0 Å². The van der Waals surface area contributed by atoms with Crippen molar-refractivity contribution >= 4 is 46.8 Å². The number of ketones is 1. The molecule has 2 aliphatic rings. The molecule has 1 aromatic heterocycles. The molecule has 2 aliphatic heterocycles. The highest BCUT2D eigenvalue weighted by atomic mass is 16.2. The summed E-state index contributed by atoms with van der Waals surface area (Å²) in [5.74, 6) is 0.982. The van der Waals surface area contributed by atoms with Crippen LogP contribution in [0.25, 0.3) is 0 Å². The second-order valence-electron chi connectivity index (χ2n) is 11.9. The van der Waals surface area contributed by atoms with E-state index in [-0.39, 0.29) is 18.1 Å². The van der Waals surface area contributed by atoms with E-state index in [1.165, 1.54) is 12.8 Å². The van der Waals surface area contributed by atoms with Gasteiger partial charge in [0.1, 0.15) is 0 Å². The number of aromatic nitrogens is 3. The third kappa shape index (κ3) is 9.23. The first-order valence-corrected chi connectivity index (χ1v) is 16.4. The standard InChI is InChI=1S/C34H45N9O3/c1-3-41(2)23-18-35-31(46)26-12-16-27(17-13-26)36-30(45)24-29(44)25-10-14-28(15-11-25)37-32-38-33(42-19-6-4-7-20-42)40-34(39-32)43-21-8-5-9-22-43/h10-17H,3-9,18-24H2,1-2H3,(H,35,46)(H,36,45)(H,37,38,39,40). The van der Waals surface area contributed by atoms with E-state index >= 15 is 0 Å². The number of Topliss-reactive ketones (excluding diaryl/α,β-unsaturated/α-hetero) is 1. The van der Waals surface area contributed by atoms with Gasteiger partial charge in [0.05, 0.1) is 6.42 Å². The third-order valence-electron chi connectivity index (χ3n) is 8.42. The minimum atomic E-state index is -0.423. The third-order valence-corrected chi connectivity index (χ3v) is 8.42. The fraction of sp³-hybridized carbons (Fsp3) is 0.471. The Kier molecular flexibility index (Phi) is 11.5. The van der Waals surface area contributed by atoms with Gasteiger partial charge in [-0.1, -0.05) is 6.92 Å². The molecular weight excluding hydrogens is 582 g/mol. The van der Waals surface area contributed by atoms with Crippen molar-refractivity contribution in [2.45, 2.75) is 51.9 Å². The molecule has 2 saturated heterocycles. The second kappa shape index (κ2) is 16.1. The van der Waals surface area contributed by atoms with Crippen molar-refractivity contribution in [3.05, 3.63) is 59.7 Å². The molecule has 2 amide bonds. The largest absolute Gasteiger partial charge is 0.351 e. The highest BCUT2D eigenvalue weighted by Gasteiger charge is 2.21. The lowest BCUT2D eigenvalue weighted by Gasteiger charge is -2.30. The molecule has 2 aromatic carbocycles. The van der Waals surface area contributed by atoms with Gasteiger partial charge in [0, 0.05) is 61.8 Å². The molecule has 12 heteroatoms. The summed E-state index contributed by atoms with van der Waals surface area (Å²) >= 11 is 0. The van der Waals surface area contributed by atoms with Crippen LogP contribution in [-0.2, 0) is 4.79 Å². The number of nitrogens with zero attached hydrogens (tertiary/aromatic N) is 6. The molecule has 0 spiro atoms. The van der Waals surface area contributed by atoms with Crippen LogP contribution in [0.3, 0.4) is 0 Å². The molecular formula is C34H45N9O3. The van der Waals surface area contributed by atoms with Gasteiger partial charge in [-0.2, -0.15) is 15.0 Å². The van der Waals surface area contributed by atoms with Gasteiger partial charge in [0.15, 0.2) is 5.78 Å². The van der Waals surface area contributed by atoms with Crippen LogP contribution in [0.4, 0.5) is 29.2 Å². The lowest BCUT2D eigenvalue weighted by atomic mass is 10.1. The van der Waals surface area contributed by atoms with Crippen LogP contribution in [0.15, 0.2) is 48.5 Å². The number of anilines is 5. The fourth-order valence-corrected chi connectivity index (χ4v) is 5.53. The first-order chi connectivity index (χ1) is 22.4. The zero-order valence-electron chi connectivity index (χ0n) is 26.9. The summed E-state index contributed by atoms with van der Waals surface area (Å²) in [5, 5.41) is 8.93. The number of rotatable bonds is 13. The quantitative estimate of drug-likeness (QED) is 0.184. The SMILES string of the molecule is CCN(C)CCNC(=O)c1ccc(NC(=O)CC(=O)c2ccc(Nc3nc(N4CCCCC4)nc(N4CCCCC4)n3)cc2)cc1. The Balaban J connectivity index is 1.16. The van der Waals surface area contributed by atoms with E-state index in [1.807, 2.05) is 7.05 Å².